The lowest BCUT2D eigenvalue weighted by molar-refractivity contribution is -0.120. The van der Waals surface area contributed by atoms with E-state index < -0.39 is 0 Å². The SMILES string of the molecule is Cc1ccc(C)c(-n2c(C)c(Br)c(/C=N\NC(=O)CCSc3ccc(Cl)cc3)c2C)c1. The molecule has 7 heteroatoms. The number of carbonyl (C=O) groups is 1. The Kier molecular flexibility index (Phi) is 8.03. The van der Waals surface area contributed by atoms with Crippen LogP contribution in [0.5, 0.6) is 0 Å². The molecule has 4 nitrogen and oxygen atoms in total. The summed E-state index contributed by atoms with van der Waals surface area (Å²) in [6.07, 6.45) is 2.09. The predicted octanol–water partition coefficient (Wildman–Crippen LogP) is 6.76. The van der Waals surface area contributed by atoms with Crippen molar-refractivity contribution in [3.63, 3.8) is 0 Å². The van der Waals surface area contributed by atoms with Crippen LogP contribution in [-0.4, -0.2) is 22.4 Å². The van der Waals surface area contributed by atoms with Gasteiger partial charge in [0.15, 0.2) is 0 Å². The molecule has 0 unspecified atom stereocenters. The van der Waals surface area contributed by atoms with Crippen molar-refractivity contribution in [3.8, 4) is 5.69 Å². The van der Waals surface area contributed by atoms with Gasteiger partial charge in [0.05, 0.1) is 6.21 Å². The third kappa shape index (κ3) is 5.82. The molecule has 0 aliphatic heterocycles. The summed E-state index contributed by atoms with van der Waals surface area (Å²) < 4.78 is 3.19. The number of hydrogen-bond acceptors (Lipinski definition) is 3. The summed E-state index contributed by atoms with van der Waals surface area (Å²) in [4.78, 5) is 13.2. The fraction of sp³-hybridized carbons (Fsp3) is 0.250. The minimum absolute atomic E-state index is 0.114. The molecule has 3 aromatic rings. The van der Waals surface area contributed by atoms with E-state index in [0.717, 1.165) is 32.0 Å². The van der Waals surface area contributed by atoms with Crippen molar-refractivity contribution < 1.29 is 4.79 Å². The van der Waals surface area contributed by atoms with Crippen LogP contribution < -0.4 is 5.43 Å². The summed E-state index contributed by atoms with van der Waals surface area (Å²) in [7, 11) is 0. The molecule has 162 valence electrons. The van der Waals surface area contributed by atoms with E-state index in [2.05, 4.69) is 76.9 Å². The van der Waals surface area contributed by atoms with E-state index in [1.54, 1.807) is 18.0 Å². The maximum atomic E-state index is 12.1. The molecule has 1 amide bonds. The van der Waals surface area contributed by atoms with Crippen LogP contribution >= 0.6 is 39.3 Å². The monoisotopic (exact) mass is 517 g/mol. The maximum Gasteiger partial charge on any atom is 0.240 e. The summed E-state index contributed by atoms with van der Waals surface area (Å²) in [5.41, 5.74) is 9.31. The molecule has 1 heterocycles. The van der Waals surface area contributed by atoms with E-state index >= 15 is 0 Å². The summed E-state index contributed by atoms with van der Waals surface area (Å²) in [5, 5.41) is 4.90. The third-order valence-electron chi connectivity index (χ3n) is 5.01. The van der Waals surface area contributed by atoms with Gasteiger partial charge >= 0.3 is 0 Å². The number of aromatic nitrogens is 1. The van der Waals surface area contributed by atoms with Gasteiger partial charge in [0.25, 0.3) is 0 Å². The first-order valence-electron chi connectivity index (χ1n) is 9.93. The lowest BCUT2D eigenvalue weighted by Crippen LogP contribution is -2.17. The summed E-state index contributed by atoms with van der Waals surface area (Å²) in [6.45, 7) is 8.33. The minimum atomic E-state index is -0.114. The van der Waals surface area contributed by atoms with E-state index in [1.165, 1.54) is 11.1 Å². The Morgan fingerprint density at radius 1 is 1.13 bits per heavy atom. The molecular weight excluding hydrogens is 494 g/mol. The van der Waals surface area contributed by atoms with Crippen LogP contribution in [0.25, 0.3) is 5.69 Å². The van der Waals surface area contributed by atoms with Crippen LogP contribution in [0, 0.1) is 27.7 Å². The zero-order chi connectivity index (χ0) is 22.5. The van der Waals surface area contributed by atoms with E-state index in [0.29, 0.717) is 17.2 Å². The van der Waals surface area contributed by atoms with Crippen molar-refractivity contribution in [1.29, 1.82) is 0 Å². The average molecular weight is 519 g/mol. The van der Waals surface area contributed by atoms with Gasteiger partial charge in [0.1, 0.15) is 0 Å². The second kappa shape index (κ2) is 10.5. The second-order valence-electron chi connectivity index (χ2n) is 7.37. The number of benzene rings is 2. The second-order valence-corrected chi connectivity index (χ2v) is 9.77. The van der Waals surface area contributed by atoms with Gasteiger partial charge in [-0.05, 0) is 85.1 Å². The van der Waals surface area contributed by atoms with Gasteiger partial charge in [0, 0.05) is 49.2 Å². The lowest BCUT2D eigenvalue weighted by Gasteiger charge is -2.13. The number of carbonyl (C=O) groups excluding carboxylic acids is 1. The highest BCUT2D eigenvalue weighted by atomic mass is 79.9. The van der Waals surface area contributed by atoms with Crippen molar-refractivity contribution >= 4 is 51.4 Å². The largest absolute Gasteiger partial charge is 0.316 e. The van der Waals surface area contributed by atoms with Crippen LogP contribution in [0.15, 0.2) is 56.9 Å². The Morgan fingerprint density at radius 3 is 2.55 bits per heavy atom. The molecule has 0 spiro atoms. The van der Waals surface area contributed by atoms with Gasteiger partial charge in [-0.2, -0.15) is 5.10 Å². The van der Waals surface area contributed by atoms with E-state index in [-0.39, 0.29) is 5.91 Å². The molecule has 0 aliphatic rings. The topological polar surface area (TPSA) is 46.4 Å². The Balaban J connectivity index is 1.65. The molecule has 1 N–H and O–H groups in total. The van der Waals surface area contributed by atoms with Gasteiger partial charge in [-0.25, -0.2) is 5.43 Å². The highest BCUT2D eigenvalue weighted by molar-refractivity contribution is 9.10. The first kappa shape index (κ1) is 23.6. The number of aryl methyl sites for hydroxylation is 2. The maximum absolute atomic E-state index is 12.1. The van der Waals surface area contributed by atoms with Crippen LogP contribution in [0.2, 0.25) is 5.02 Å². The fourth-order valence-corrected chi connectivity index (χ4v) is 4.86. The summed E-state index contributed by atoms with van der Waals surface area (Å²) in [5.74, 6) is 0.561. The van der Waals surface area contributed by atoms with Crippen LogP contribution in [-0.2, 0) is 4.79 Å². The summed E-state index contributed by atoms with van der Waals surface area (Å²) in [6, 6.07) is 14.0. The molecule has 0 aliphatic carbocycles. The van der Waals surface area contributed by atoms with Crippen molar-refractivity contribution in [2.75, 3.05) is 5.75 Å². The molecule has 0 atom stereocenters. The van der Waals surface area contributed by atoms with Gasteiger partial charge < -0.3 is 4.57 Å². The highest BCUT2D eigenvalue weighted by Crippen LogP contribution is 2.31. The number of amides is 1. The molecule has 0 bridgehead atoms. The number of rotatable bonds is 7. The molecule has 0 fully saturated rings. The molecule has 3 rings (SSSR count). The number of thioether (sulfide) groups is 1. The van der Waals surface area contributed by atoms with Crippen molar-refractivity contribution in [2.24, 2.45) is 5.10 Å². The van der Waals surface area contributed by atoms with Gasteiger partial charge in [-0.3, -0.25) is 4.79 Å². The third-order valence-corrected chi connectivity index (χ3v) is 7.28. The van der Waals surface area contributed by atoms with E-state index in [1.807, 2.05) is 24.3 Å². The lowest BCUT2D eigenvalue weighted by atomic mass is 10.1. The Labute approximate surface area is 201 Å². The normalized spacial score (nSPS) is 11.3. The first-order chi connectivity index (χ1) is 14.8. The molecule has 0 saturated carbocycles. The first-order valence-corrected chi connectivity index (χ1v) is 12.1. The fourth-order valence-electron chi connectivity index (χ4n) is 3.31. The van der Waals surface area contributed by atoms with Gasteiger partial charge in [0.2, 0.25) is 5.91 Å². The number of hydrogen-bond donors (Lipinski definition) is 1. The molecule has 2 aromatic carbocycles. The van der Waals surface area contributed by atoms with Crippen LogP contribution in [0.1, 0.15) is 34.5 Å². The molecule has 1 aromatic heterocycles. The number of halogens is 2. The Bertz CT molecular complexity index is 1120. The number of nitrogens with zero attached hydrogens (tertiary/aromatic N) is 2. The summed E-state index contributed by atoms with van der Waals surface area (Å²) >= 11 is 11.2. The number of nitrogens with one attached hydrogen (secondary N) is 1. The van der Waals surface area contributed by atoms with Gasteiger partial charge in [-0.1, -0.05) is 23.7 Å². The highest BCUT2D eigenvalue weighted by Gasteiger charge is 2.17. The van der Waals surface area contributed by atoms with Crippen molar-refractivity contribution in [2.45, 2.75) is 39.0 Å². The number of hydrazone groups is 1. The zero-order valence-corrected chi connectivity index (χ0v) is 21.2. The molecule has 31 heavy (non-hydrogen) atoms. The molecule has 0 radical (unpaired) electrons. The van der Waals surface area contributed by atoms with Crippen molar-refractivity contribution in [1.82, 2.24) is 9.99 Å². The van der Waals surface area contributed by atoms with E-state index in [9.17, 15) is 4.79 Å². The average Bonchev–Trinajstić information content (AvgIpc) is 2.94. The van der Waals surface area contributed by atoms with Gasteiger partial charge in [-0.15, -0.1) is 11.8 Å². The van der Waals surface area contributed by atoms with Crippen LogP contribution in [0.3, 0.4) is 0 Å². The predicted molar refractivity (Wildman–Crippen MR) is 135 cm³/mol. The Hall–Kier alpha value is -2.02. The smallest absolute Gasteiger partial charge is 0.240 e. The minimum Gasteiger partial charge on any atom is -0.316 e. The standard InChI is InChI=1S/C24H25BrClN3OS/c1-15-5-6-16(2)22(13-15)29-17(3)21(24(25)18(29)4)14-27-28-23(30)11-12-31-20-9-7-19(26)8-10-20/h5-10,13-14H,11-12H2,1-4H3,(H,28,30)/b27-14-. The van der Waals surface area contributed by atoms with E-state index in [4.69, 9.17) is 11.6 Å². The molecule has 0 saturated heterocycles. The van der Waals surface area contributed by atoms with Crippen molar-refractivity contribution in [3.05, 3.63) is 80.0 Å². The zero-order valence-electron chi connectivity index (χ0n) is 18.0. The van der Waals surface area contributed by atoms with Crippen LogP contribution in [0.4, 0.5) is 0 Å². The molecular formula is C24H25BrClN3OS. The quantitative estimate of drug-likeness (QED) is 0.213. The Morgan fingerprint density at radius 2 is 1.84 bits per heavy atom.